The highest BCUT2D eigenvalue weighted by Gasteiger charge is 2.42. The number of sulfonamides is 1. The van der Waals surface area contributed by atoms with Gasteiger partial charge in [-0.15, -0.1) is 4.40 Å². The predicted molar refractivity (Wildman–Crippen MR) is 119 cm³/mol. The predicted octanol–water partition coefficient (Wildman–Crippen LogP) is 3.74. The molecule has 0 spiro atoms. The highest BCUT2D eigenvalue weighted by molar-refractivity contribution is 7.90. The fraction of sp³-hybridized carbons (Fsp3) is 0.417. The van der Waals surface area contributed by atoms with Gasteiger partial charge in [0.25, 0.3) is 10.0 Å². The Kier molecular flexibility index (Phi) is 5.28. The zero-order chi connectivity index (χ0) is 22.5. The summed E-state index contributed by atoms with van der Waals surface area (Å²) in [5.41, 5.74) is 1.12. The summed E-state index contributed by atoms with van der Waals surface area (Å²) in [7, 11) is -3.71. The van der Waals surface area contributed by atoms with Gasteiger partial charge in [0, 0.05) is 30.3 Å². The van der Waals surface area contributed by atoms with Gasteiger partial charge in [0.1, 0.15) is 10.7 Å². The van der Waals surface area contributed by atoms with Crippen molar-refractivity contribution in [2.45, 2.75) is 49.6 Å². The molecule has 0 unspecified atom stereocenters. The van der Waals surface area contributed by atoms with E-state index in [4.69, 9.17) is 0 Å². The maximum atomic E-state index is 14.5. The van der Waals surface area contributed by atoms with Gasteiger partial charge < -0.3 is 9.80 Å². The van der Waals surface area contributed by atoms with E-state index in [0.29, 0.717) is 30.1 Å². The number of hydrogen-bond acceptors (Lipinski definition) is 4. The van der Waals surface area contributed by atoms with Gasteiger partial charge in [-0.1, -0.05) is 30.3 Å². The molecule has 2 atom stereocenters. The number of carbonyl (C=O) groups excluding carboxylic acids is 1. The van der Waals surface area contributed by atoms with Crippen molar-refractivity contribution in [3.63, 3.8) is 0 Å². The average Bonchev–Trinajstić information content (AvgIpc) is 3.58. The van der Waals surface area contributed by atoms with Crippen LogP contribution in [0.4, 0.5) is 4.39 Å². The molecule has 0 aromatic heterocycles. The second-order valence-electron chi connectivity index (χ2n) is 8.85. The van der Waals surface area contributed by atoms with Crippen LogP contribution in [-0.2, 0) is 14.8 Å². The molecule has 1 saturated carbocycles. The Balaban J connectivity index is 1.39. The minimum atomic E-state index is -3.71. The summed E-state index contributed by atoms with van der Waals surface area (Å²) in [6.07, 6.45) is 3.35. The summed E-state index contributed by atoms with van der Waals surface area (Å²) < 4.78 is 43.4. The number of piperidine rings is 1. The van der Waals surface area contributed by atoms with Gasteiger partial charge >= 0.3 is 0 Å². The van der Waals surface area contributed by atoms with Crippen LogP contribution < -0.4 is 0 Å². The number of carbonyl (C=O) groups is 1. The van der Waals surface area contributed by atoms with Gasteiger partial charge in [-0.2, -0.15) is 8.42 Å². The number of likely N-dealkylation sites (tertiary alicyclic amines) is 1. The molecule has 3 aliphatic rings. The monoisotopic (exact) mass is 455 g/mol. The third-order valence-electron chi connectivity index (χ3n) is 6.65. The van der Waals surface area contributed by atoms with Gasteiger partial charge in [0.15, 0.2) is 5.84 Å². The van der Waals surface area contributed by atoms with Gasteiger partial charge in [-0.25, -0.2) is 4.39 Å². The molecule has 1 aliphatic carbocycles. The lowest BCUT2D eigenvalue weighted by Crippen LogP contribution is -2.48. The Morgan fingerprint density at radius 3 is 2.59 bits per heavy atom. The van der Waals surface area contributed by atoms with Gasteiger partial charge in [-0.05, 0) is 50.8 Å². The van der Waals surface area contributed by atoms with E-state index in [0.717, 1.165) is 25.7 Å². The number of amidine groups is 1. The summed E-state index contributed by atoms with van der Waals surface area (Å²) in [5, 5.41) is 0. The molecule has 2 aliphatic heterocycles. The van der Waals surface area contributed by atoms with Crippen molar-refractivity contribution in [1.82, 2.24) is 9.80 Å². The van der Waals surface area contributed by atoms with Crippen LogP contribution >= 0.6 is 0 Å². The number of rotatable bonds is 4. The van der Waals surface area contributed by atoms with E-state index in [2.05, 4.69) is 4.40 Å². The van der Waals surface area contributed by atoms with Crippen molar-refractivity contribution < 1.29 is 17.6 Å². The van der Waals surface area contributed by atoms with Crippen molar-refractivity contribution in [2.75, 3.05) is 13.1 Å². The molecule has 2 aromatic carbocycles. The van der Waals surface area contributed by atoms with Crippen LogP contribution in [0.15, 0.2) is 57.8 Å². The molecule has 1 amide bonds. The second-order valence-corrected chi connectivity index (χ2v) is 10.4. The van der Waals surface area contributed by atoms with Gasteiger partial charge in [0.05, 0.1) is 12.0 Å². The molecule has 2 aromatic rings. The van der Waals surface area contributed by atoms with E-state index in [1.807, 2.05) is 16.7 Å². The summed E-state index contributed by atoms with van der Waals surface area (Å²) in [6.45, 7) is 2.95. The summed E-state index contributed by atoms with van der Waals surface area (Å²) in [4.78, 5) is 17.7. The Labute approximate surface area is 187 Å². The minimum Gasteiger partial charge on any atom is -0.355 e. The first-order valence-corrected chi connectivity index (χ1v) is 12.6. The Morgan fingerprint density at radius 1 is 1.12 bits per heavy atom. The molecule has 6 nitrogen and oxygen atoms in total. The van der Waals surface area contributed by atoms with Crippen LogP contribution in [0.25, 0.3) is 0 Å². The zero-order valence-corrected chi connectivity index (χ0v) is 18.8. The summed E-state index contributed by atoms with van der Waals surface area (Å²) in [6, 6.07) is 13.2. The largest absolute Gasteiger partial charge is 0.355 e. The number of nitrogens with zero attached hydrogens (tertiary/aromatic N) is 3. The molecule has 2 heterocycles. The molecule has 168 valence electrons. The number of benzene rings is 2. The molecule has 5 rings (SSSR count). The molecule has 0 bridgehead atoms. The van der Waals surface area contributed by atoms with Gasteiger partial charge in [-0.3, -0.25) is 4.79 Å². The lowest BCUT2D eigenvalue weighted by Gasteiger charge is -2.38. The minimum absolute atomic E-state index is 0.0164. The first-order chi connectivity index (χ1) is 15.4. The van der Waals surface area contributed by atoms with E-state index >= 15 is 0 Å². The fourth-order valence-corrected chi connectivity index (χ4v) is 6.13. The molecule has 2 fully saturated rings. The second kappa shape index (κ2) is 7.99. The molecular formula is C24H26FN3O3S. The number of fused-ring (bicyclic) bond motifs is 1. The summed E-state index contributed by atoms with van der Waals surface area (Å²) >= 11 is 0. The molecule has 0 N–H and O–H groups in total. The lowest BCUT2D eigenvalue weighted by molar-refractivity contribution is -0.139. The Morgan fingerprint density at radius 2 is 1.84 bits per heavy atom. The number of hydrogen-bond donors (Lipinski definition) is 0. The first-order valence-electron chi connectivity index (χ1n) is 11.1. The zero-order valence-electron chi connectivity index (χ0n) is 17.9. The van der Waals surface area contributed by atoms with Crippen molar-refractivity contribution in [2.24, 2.45) is 10.3 Å². The normalized spacial score (nSPS) is 22.8. The Hall–Kier alpha value is -2.74. The van der Waals surface area contributed by atoms with E-state index in [1.165, 1.54) is 6.07 Å². The van der Waals surface area contributed by atoms with E-state index < -0.39 is 10.0 Å². The van der Waals surface area contributed by atoms with E-state index in [1.54, 1.807) is 42.5 Å². The molecular weight excluding hydrogens is 429 g/mol. The highest BCUT2D eigenvalue weighted by Crippen LogP contribution is 2.38. The van der Waals surface area contributed by atoms with Crippen LogP contribution in [-0.4, -0.2) is 49.1 Å². The van der Waals surface area contributed by atoms with Crippen molar-refractivity contribution in [3.8, 4) is 0 Å². The van der Waals surface area contributed by atoms with Crippen LogP contribution in [0.3, 0.4) is 0 Å². The van der Waals surface area contributed by atoms with Crippen LogP contribution in [0, 0.1) is 11.7 Å². The highest BCUT2D eigenvalue weighted by atomic mass is 32.2. The maximum absolute atomic E-state index is 14.5. The fourth-order valence-electron chi connectivity index (χ4n) is 4.90. The van der Waals surface area contributed by atoms with Crippen molar-refractivity contribution in [1.29, 1.82) is 0 Å². The topological polar surface area (TPSA) is 70.1 Å². The SMILES string of the molecule is C[C@H](c1ccccc1F)N(C(=O)[C@@H]1CCCN(C2=NS(=O)(=O)c3ccccc32)C1)C1CC1. The van der Waals surface area contributed by atoms with E-state index in [9.17, 15) is 17.6 Å². The summed E-state index contributed by atoms with van der Waals surface area (Å²) in [5.74, 6) is -0.136. The number of halogens is 1. The average molecular weight is 456 g/mol. The standard InChI is InChI=1S/C24H26FN3O3S/c1-16(19-8-2-4-10-21(19)25)28(18-12-13-18)24(29)17-7-6-14-27(15-17)23-20-9-3-5-11-22(20)32(30,31)26-23/h2-5,8-11,16-18H,6-7,12-15H2,1H3/t16-,17-/m1/s1. The third kappa shape index (κ3) is 3.70. The lowest BCUT2D eigenvalue weighted by atomic mass is 9.94. The first kappa shape index (κ1) is 21.1. The van der Waals surface area contributed by atoms with Gasteiger partial charge in [0.2, 0.25) is 5.91 Å². The van der Waals surface area contributed by atoms with Crippen LogP contribution in [0.1, 0.15) is 49.8 Å². The molecule has 8 heteroatoms. The van der Waals surface area contributed by atoms with Crippen molar-refractivity contribution >= 4 is 21.8 Å². The van der Waals surface area contributed by atoms with Crippen LogP contribution in [0.5, 0.6) is 0 Å². The number of amides is 1. The molecule has 0 radical (unpaired) electrons. The molecule has 32 heavy (non-hydrogen) atoms. The third-order valence-corrected chi connectivity index (χ3v) is 7.98. The maximum Gasteiger partial charge on any atom is 0.285 e. The molecule has 1 saturated heterocycles. The van der Waals surface area contributed by atoms with Crippen LogP contribution in [0.2, 0.25) is 0 Å². The smallest absolute Gasteiger partial charge is 0.285 e. The Bertz CT molecular complexity index is 1190. The van der Waals surface area contributed by atoms with E-state index in [-0.39, 0.29) is 34.6 Å². The quantitative estimate of drug-likeness (QED) is 0.704. The van der Waals surface area contributed by atoms with Crippen molar-refractivity contribution in [3.05, 3.63) is 65.5 Å².